The molecular formula is C13H19NO5S. The zero-order valence-electron chi connectivity index (χ0n) is 11.8. The van der Waals surface area contributed by atoms with Gasteiger partial charge < -0.3 is 9.47 Å². The van der Waals surface area contributed by atoms with Gasteiger partial charge in [-0.05, 0) is 30.7 Å². The van der Waals surface area contributed by atoms with Gasteiger partial charge in [0.1, 0.15) is 5.75 Å². The number of hydrogen-bond acceptors (Lipinski definition) is 5. The number of hydrogen-bond donors (Lipinski definition) is 0. The molecule has 6 nitrogen and oxygen atoms in total. The summed E-state index contributed by atoms with van der Waals surface area (Å²) in [4.78, 5) is 11.1. The summed E-state index contributed by atoms with van der Waals surface area (Å²) in [7, 11) is -0.555. The largest absolute Gasteiger partial charge is 0.497 e. The second-order valence-corrected chi connectivity index (χ2v) is 6.12. The van der Waals surface area contributed by atoms with Crippen molar-refractivity contribution in [2.45, 2.75) is 12.8 Å². The fourth-order valence-corrected chi connectivity index (χ4v) is 2.67. The summed E-state index contributed by atoms with van der Waals surface area (Å²) in [5.41, 5.74) is 0.540. The van der Waals surface area contributed by atoms with Crippen molar-refractivity contribution < 1.29 is 22.7 Å². The Morgan fingerprint density at radius 1 is 1.20 bits per heavy atom. The number of carbonyl (C=O) groups excluding carboxylic acids is 1. The lowest BCUT2D eigenvalue weighted by atomic mass is 10.2. The zero-order chi connectivity index (χ0) is 15.2. The highest BCUT2D eigenvalue weighted by Crippen LogP contribution is 2.21. The SMILES string of the molecule is COC(=O)CCCN(c1ccc(OC)cc1)S(C)(=O)=O. The summed E-state index contributed by atoms with van der Waals surface area (Å²) in [6.07, 6.45) is 1.71. The molecule has 0 saturated carbocycles. The van der Waals surface area contributed by atoms with Crippen LogP contribution in [-0.4, -0.2) is 41.4 Å². The molecule has 0 aromatic heterocycles. The van der Waals surface area contributed by atoms with E-state index < -0.39 is 10.0 Å². The number of methoxy groups -OCH3 is 2. The van der Waals surface area contributed by atoms with Gasteiger partial charge in [-0.15, -0.1) is 0 Å². The van der Waals surface area contributed by atoms with Gasteiger partial charge in [0, 0.05) is 13.0 Å². The van der Waals surface area contributed by atoms with E-state index in [1.165, 1.54) is 11.4 Å². The Bertz CT molecular complexity index is 538. The molecule has 0 radical (unpaired) electrons. The first-order valence-electron chi connectivity index (χ1n) is 6.07. The van der Waals surface area contributed by atoms with Crippen molar-refractivity contribution in [1.82, 2.24) is 0 Å². The Labute approximate surface area is 119 Å². The van der Waals surface area contributed by atoms with E-state index in [1.807, 2.05) is 0 Å². The van der Waals surface area contributed by atoms with Gasteiger partial charge in [-0.25, -0.2) is 8.42 Å². The molecule has 0 N–H and O–H groups in total. The number of nitrogens with zero attached hydrogens (tertiary/aromatic N) is 1. The summed E-state index contributed by atoms with van der Waals surface area (Å²) >= 11 is 0. The number of ether oxygens (including phenoxy) is 2. The first-order valence-corrected chi connectivity index (χ1v) is 7.92. The van der Waals surface area contributed by atoms with Crippen LogP contribution in [0.2, 0.25) is 0 Å². The molecule has 0 unspecified atom stereocenters. The molecule has 1 rings (SSSR count). The molecule has 0 bridgehead atoms. The molecular weight excluding hydrogens is 282 g/mol. The number of carbonyl (C=O) groups is 1. The third-order valence-corrected chi connectivity index (χ3v) is 3.92. The zero-order valence-corrected chi connectivity index (χ0v) is 12.6. The second-order valence-electron chi connectivity index (χ2n) is 4.21. The Morgan fingerprint density at radius 3 is 2.25 bits per heavy atom. The average Bonchev–Trinajstić information content (AvgIpc) is 2.42. The Hall–Kier alpha value is -1.76. The minimum Gasteiger partial charge on any atom is -0.497 e. The van der Waals surface area contributed by atoms with Gasteiger partial charge >= 0.3 is 5.97 Å². The molecule has 0 amide bonds. The summed E-state index contributed by atoms with van der Waals surface area (Å²) in [6, 6.07) is 6.71. The molecule has 1 aromatic carbocycles. The van der Waals surface area contributed by atoms with Gasteiger partial charge in [-0.2, -0.15) is 0 Å². The molecule has 0 spiro atoms. The maximum absolute atomic E-state index is 11.8. The first-order chi connectivity index (χ1) is 9.38. The van der Waals surface area contributed by atoms with Crippen molar-refractivity contribution in [3.8, 4) is 5.75 Å². The van der Waals surface area contributed by atoms with Crippen molar-refractivity contribution in [2.75, 3.05) is 31.3 Å². The molecule has 0 atom stereocenters. The highest BCUT2D eigenvalue weighted by molar-refractivity contribution is 7.92. The number of sulfonamides is 1. The molecule has 7 heteroatoms. The maximum Gasteiger partial charge on any atom is 0.305 e. The summed E-state index contributed by atoms with van der Waals surface area (Å²) in [6.45, 7) is 0.222. The molecule has 20 heavy (non-hydrogen) atoms. The van der Waals surface area contributed by atoms with Crippen LogP contribution in [0, 0.1) is 0 Å². The average molecular weight is 301 g/mol. The fourth-order valence-electron chi connectivity index (χ4n) is 1.70. The molecule has 0 aliphatic carbocycles. The highest BCUT2D eigenvalue weighted by Gasteiger charge is 2.17. The van der Waals surface area contributed by atoms with Crippen LogP contribution >= 0.6 is 0 Å². The van der Waals surface area contributed by atoms with Crippen LogP contribution in [0.5, 0.6) is 5.75 Å². The van der Waals surface area contributed by atoms with E-state index in [9.17, 15) is 13.2 Å². The monoisotopic (exact) mass is 301 g/mol. The standard InChI is InChI=1S/C13H19NO5S/c1-18-12-8-6-11(7-9-12)14(20(3,16)17)10-4-5-13(15)19-2/h6-9H,4-5,10H2,1-3H3. The molecule has 0 aliphatic heterocycles. The predicted octanol–water partition coefficient (Wildman–Crippen LogP) is 1.41. The van der Waals surface area contributed by atoms with Crippen molar-refractivity contribution in [3.05, 3.63) is 24.3 Å². The third-order valence-electron chi connectivity index (χ3n) is 2.73. The molecule has 0 heterocycles. The second kappa shape index (κ2) is 7.14. The lowest BCUT2D eigenvalue weighted by Crippen LogP contribution is -2.31. The number of rotatable bonds is 7. The Balaban J connectivity index is 2.81. The smallest absolute Gasteiger partial charge is 0.305 e. The van der Waals surface area contributed by atoms with E-state index in [0.717, 1.165) is 6.26 Å². The van der Waals surface area contributed by atoms with Crippen LogP contribution in [0.15, 0.2) is 24.3 Å². The Kier molecular flexibility index (Phi) is 5.82. The van der Waals surface area contributed by atoms with Crippen LogP contribution in [0.3, 0.4) is 0 Å². The van der Waals surface area contributed by atoms with Crippen LogP contribution in [-0.2, 0) is 19.6 Å². The van der Waals surface area contributed by atoms with E-state index in [-0.39, 0.29) is 18.9 Å². The van der Waals surface area contributed by atoms with Crippen molar-refractivity contribution >= 4 is 21.7 Å². The highest BCUT2D eigenvalue weighted by atomic mass is 32.2. The summed E-state index contributed by atoms with van der Waals surface area (Å²) < 4.78 is 34.4. The predicted molar refractivity (Wildman–Crippen MR) is 76.4 cm³/mol. The van der Waals surface area contributed by atoms with Crippen LogP contribution in [0.4, 0.5) is 5.69 Å². The van der Waals surface area contributed by atoms with E-state index in [0.29, 0.717) is 17.9 Å². The quantitative estimate of drug-likeness (QED) is 0.712. The molecule has 0 aliphatic rings. The van der Waals surface area contributed by atoms with Crippen molar-refractivity contribution in [2.24, 2.45) is 0 Å². The van der Waals surface area contributed by atoms with Gasteiger partial charge in [-0.3, -0.25) is 9.10 Å². The lowest BCUT2D eigenvalue weighted by molar-refractivity contribution is -0.140. The van der Waals surface area contributed by atoms with E-state index in [4.69, 9.17) is 4.74 Å². The Morgan fingerprint density at radius 2 is 1.80 bits per heavy atom. The van der Waals surface area contributed by atoms with Gasteiger partial charge in [0.15, 0.2) is 0 Å². The molecule has 1 aromatic rings. The first kappa shape index (κ1) is 16.3. The summed E-state index contributed by atoms with van der Waals surface area (Å²) in [5.74, 6) is 0.296. The minimum absolute atomic E-state index is 0.179. The molecule has 0 saturated heterocycles. The number of benzene rings is 1. The fraction of sp³-hybridized carbons (Fsp3) is 0.462. The van der Waals surface area contributed by atoms with Crippen molar-refractivity contribution in [1.29, 1.82) is 0 Å². The topological polar surface area (TPSA) is 72.9 Å². The normalized spacial score (nSPS) is 10.9. The number of esters is 1. The minimum atomic E-state index is -3.40. The van der Waals surface area contributed by atoms with Crippen LogP contribution in [0.25, 0.3) is 0 Å². The van der Waals surface area contributed by atoms with E-state index in [2.05, 4.69) is 4.74 Å². The van der Waals surface area contributed by atoms with Gasteiger partial charge in [0.25, 0.3) is 0 Å². The summed E-state index contributed by atoms with van der Waals surface area (Å²) in [5, 5.41) is 0. The van der Waals surface area contributed by atoms with Gasteiger partial charge in [-0.1, -0.05) is 0 Å². The van der Waals surface area contributed by atoms with Crippen LogP contribution < -0.4 is 9.04 Å². The van der Waals surface area contributed by atoms with E-state index >= 15 is 0 Å². The molecule has 112 valence electrons. The van der Waals surface area contributed by atoms with Crippen LogP contribution in [0.1, 0.15) is 12.8 Å². The third kappa shape index (κ3) is 4.73. The van der Waals surface area contributed by atoms with E-state index in [1.54, 1.807) is 31.4 Å². The van der Waals surface area contributed by atoms with Gasteiger partial charge in [0.2, 0.25) is 10.0 Å². The van der Waals surface area contributed by atoms with Crippen molar-refractivity contribution in [3.63, 3.8) is 0 Å². The molecule has 0 fully saturated rings. The lowest BCUT2D eigenvalue weighted by Gasteiger charge is -2.22. The maximum atomic E-state index is 11.8. The van der Waals surface area contributed by atoms with Gasteiger partial charge in [0.05, 0.1) is 26.2 Å². The number of anilines is 1.